The zero-order chi connectivity index (χ0) is 22.8. The molecule has 32 heavy (non-hydrogen) atoms. The third-order valence-electron chi connectivity index (χ3n) is 7.21. The van der Waals surface area contributed by atoms with Crippen molar-refractivity contribution in [2.75, 3.05) is 12.4 Å². The number of hydrogen-bond donors (Lipinski definition) is 3. The molecular formula is C24H26N3O5+. The number of fused-ring (bicyclic) bond motifs is 4. The lowest BCUT2D eigenvalue weighted by Crippen LogP contribution is -3.00. The van der Waals surface area contributed by atoms with Crippen LogP contribution in [0.4, 0.5) is 5.69 Å². The van der Waals surface area contributed by atoms with Crippen LogP contribution in [0.3, 0.4) is 0 Å². The second kappa shape index (κ2) is 7.15. The second-order valence-electron chi connectivity index (χ2n) is 8.88. The van der Waals surface area contributed by atoms with Crippen molar-refractivity contribution in [3.05, 3.63) is 59.2 Å². The van der Waals surface area contributed by atoms with Crippen LogP contribution in [0.2, 0.25) is 0 Å². The van der Waals surface area contributed by atoms with E-state index in [4.69, 9.17) is 4.74 Å². The van der Waals surface area contributed by atoms with Gasteiger partial charge in [-0.2, -0.15) is 0 Å². The van der Waals surface area contributed by atoms with Crippen molar-refractivity contribution >= 4 is 23.4 Å². The van der Waals surface area contributed by atoms with Crippen LogP contribution in [0.5, 0.6) is 5.75 Å². The third kappa shape index (κ3) is 2.59. The van der Waals surface area contributed by atoms with Crippen LogP contribution >= 0.6 is 0 Å². The Balaban J connectivity index is 1.62. The smallest absolute Gasteiger partial charge is 0.291 e. The third-order valence-corrected chi connectivity index (χ3v) is 7.21. The number of nitrogens with one attached hydrogen (secondary N) is 1. The molecule has 1 spiro atoms. The van der Waals surface area contributed by atoms with Crippen LogP contribution in [-0.4, -0.2) is 47.0 Å². The summed E-state index contributed by atoms with van der Waals surface area (Å²) in [5.41, 5.74) is 1.69. The van der Waals surface area contributed by atoms with Crippen LogP contribution in [-0.2, 0) is 26.5 Å². The van der Waals surface area contributed by atoms with E-state index in [9.17, 15) is 19.5 Å². The Morgan fingerprint density at radius 2 is 1.91 bits per heavy atom. The summed E-state index contributed by atoms with van der Waals surface area (Å²) in [6.07, 6.45) is -0.883. The molecule has 166 valence electrons. The van der Waals surface area contributed by atoms with Crippen LogP contribution in [0.1, 0.15) is 23.6 Å². The van der Waals surface area contributed by atoms with Crippen molar-refractivity contribution in [3.8, 4) is 5.75 Å². The molecule has 8 nitrogen and oxygen atoms in total. The number of aryl methyl sites for hydroxylation is 1. The Morgan fingerprint density at radius 1 is 1.16 bits per heavy atom. The number of aliphatic hydroxyl groups is 1. The average molecular weight is 436 g/mol. The number of anilines is 1. The molecule has 2 fully saturated rings. The molecule has 8 heteroatoms. The number of methoxy groups -OCH3 is 1. The van der Waals surface area contributed by atoms with Crippen LogP contribution in [0.25, 0.3) is 0 Å². The molecule has 0 saturated carbocycles. The molecule has 5 rings (SSSR count). The predicted octanol–water partition coefficient (Wildman–Crippen LogP) is 0.279. The Kier molecular flexibility index (Phi) is 4.61. The molecule has 4 N–H and O–H groups in total. The van der Waals surface area contributed by atoms with Gasteiger partial charge in [-0.1, -0.05) is 36.4 Å². The van der Waals surface area contributed by atoms with Crippen molar-refractivity contribution in [1.82, 2.24) is 4.90 Å². The van der Waals surface area contributed by atoms with Gasteiger partial charge in [0.25, 0.3) is 5.91 Å². The van der Waals surface area contributed by atoms with Gasteiger partial charge in [-0.3, -0.25) is 19.3 Å². The van der Waals surface area contributed by atoms with E-state index >= 15 is 0 Å². The van der Waals surface area contributed by atoms with Gasteiger partial charge >= 0.3 is 0 Å². The van der Waals surface area contributed by atoms with Gasteiger partial charge < -0.3 is 20.5 Å². The number of para-hydroxylation sites is 2. The van der Waals surface area contributed by atoms with Gasteiger partial charge in [0.05, 0.1) is 19.3 Å². The maximum atomic E-state index is 13.8. The Morgan fingerprint density at radius 3 is 2.62 bits per heavy atom. The van der Waals surface area contributed by atoms with E-state index in [1.54, 1.807) is 18.3 Å². The highest BCUT2D eigenvalue weighted by Crippen LogP contribution is 2.50. The van der Waals surface area contributed by atoms with Gasteiger partial charge in [0.15, 0.2) is 0 Å². The first-order valence-corrected chi connectivity index (χ1v) is 10.7. The fraction of sp³-hybridized carbons (Fsp3) is 0.375. The topological polar surface area (TPSA) is 113 Å². The molecule has 0 aliphatic carbocycles. The summed E-state index contributed by atoms with van der Waals surface area (Å²) < 4.78 is 5.39. The molecule has 5 atom stereocenters. The Labute approximate surface area is 185 Å². The van der Waals surface area contributed by atoms with Crippen molar-refractivity contribution in [2.24, 2.45) is 11.8 Å². The quantitative estimate of drug-likeness (QED) is 0.596. The predicted molar refractivity (Wildman–Crippen MR) is 114 cm³/mol. The molecule has 0 radical (unpaired) electrons. The number of aliphatic hydroxyl groups excluding tert-OH is 1. The zero-order valence-corrected chi connectivity index (χ0v) is 18.2. The Hall–Kier alpha value is -3.23. The van der Waals surface area contributed by atoms with E-state index in [1.807, 2.05) is 43.3 Å². The van der Waals surface area contributed by atoms with Gasteiger partial charge in [-0.25, -0.2) is 0 Å². The SMILES string of the molecule is COc1ccccc1CN1C(=O)[C@@H]2[C@H]([C@@H](C)O)[NH2+][C@]3(C(=O)Nc4c(C)cccc43)[C@@H]2C1=O. The van der Waals surface area contributed by atoms with E-state index in [1.165, 1.54) is 12.0 Å². The second-order valence-corrected chi connectivity index (χ2v) is 8.88. The molecule has 0 bridgehead atoms. The molecule has 2 aromatic rings. The molecule has 0 aromatic heterocycles. The number of imide groups is 1. The molecule has 3 aliphatic rings. The summed E-state index contributed by atoms with van der Waals surface area (Å²) in [5.74, 6) is -2.19. The molecular weight excluding hydrogens is 410 g/mol. The molecule has 3 amide bonds. The van der Waals surface area contributed by atoms with Gasteiger partial charge in [-0.15, -0.1) is 0 Å². The summed E-state index contributed by atoms with van der Waals surface area (Å²) in [5, 5.41) is 15.2. The molecule has 0 unspecified atom stereocenters. The van der Waals surface area contributed by atoms with E-state index < -0.39 is 35.4 Å². The normalized spacial score (nSPS) is 29.3. The van der Waals surface area contributed by atoms with Gasteiger partial charge in [0.2, 0.25) is 17.4 Å². The van der Waals surface area contributed by atoms with Crippen molar-refractivity contribution in [1.29, 1.82) is 0 Å². The van der Waals surface area contributed by atoms with Crippen LogP contribution < -0.4 is 15.4 Å². The van der Waals surface area contributed by atoms with Gasteiger partial charge in [-0.05, 0) is 25.5 Å². The number of ether oxygens (including phenoxy) is 1. The lowest BCUT2D eigenvalue weighted by Gasteiger charge is -2.27. The number of amides is 3. The summed E-state index contributed by atoms with van der Waals surface area (Å²) >= 11 is 0. The lowest BCUT2D eigenvalue weighted by atomic mass is 9.76. The number of rotatable bonds is 4. The minimum Gasteiger partial charge on any atom is -0.496 e. The summed E-state index contributed by atoms with van der Waals surface area (Å²) in [6.45, 7) is 3.55. The fourth-order valence-corrected chi connectivity index (χ4v) is 5.72. The first-order valence-electron chi connectivity index (χ1n) is 10.7. The average Bonchev–Trinajstić information content (AvgIpc) is 3.36. The highest BCUT2D eigenvalue weighted by Gasteiger charge is 2.74. The fourth-order valence-electron chi connectivity index (χ4n) is 5.72. The number of nitrogens with zero attached hydrogens (tertiary/aromatic N) is 1. The van der Waals surface area contributed by atoms with Crippen LogP contribution in [0.15, 0.2) is 42.5 Å². The summed E-state index contributed by atoms with van der Waals surface area (Å²) in [4.78, 5) is 41.9. The maximum absolute atomic E-state index is 13.8. The summed E-state index contributed by atoms with van der Waals surface area (Å²) in [6, 6.07) is 12.2. The largest absolute Gasteiger partial charge is 0.496 e. The number of likely N-dealkylation sites (tertiary alicyclic amines) is 1. The minimum absolute atomic E-state index is 0.0551. The lowest BCUT2D eigenvalue weighted by molar-refractivity contribution is -0.738. The number of carbonyl (C=O) groups is 3. The minimum atomic E-state index is -1.28. The van der Waals surface area contributed by atoms with E-state index in [0.29, 0.717) is 22.6 Å². The van der Waals surface area contributed by atoms with Gasteiger partial charge in [0, 0.05) is 11.1 Å². The van der Waals surface area contributed by atoms with E-state index in [2.05, 4.69) is 5.32 Å². The zero-order valence-electron chi connectivity index (χ0n) is 18.2. The first kappa shape index (κ1) is 20.7. The van der Waals surface area contributed by atoms with Gasteiger partial charge in [0.1, 0.15) is 29.7 Å². The number of hydrogen-bond acceptors (Lipinski definition) is 5. The number of carbonyl (C=O) groups excluding carboxylic acids is 3. The van der Waals surface area contributed by atoms with Crippen molar-refractivity contribution < 1.29 is 29.5 Å². The van der Waals surface area contributed by atoms with E-state index in [0.717, 1.165) is 5.56 Å². The Bertz CT molecular complexity index is 1150. The van der Waals surface area contributed by atoms with E-state index in [-0.39, 0.29) is 18.4 Å². The number of benzene rings is 2. The number of nitrogens with two attached hydrogens (primary N) is 1. The molecule has 3 heterocycles. The van der Waals surface area contributed by atoms with Crippen molar-refractivity contribution in [3.63, 3.8) is 0 Å². The van der Waals surface area contributed by atoms with Crippen LogP contribution in [0, 0.1) is 18.8 Å². The molecule has 2 saturated heterocycles. The highest BCUT2D eigenvalue weighted by molar-refractivity contribution is 6.14. The standard InChI is InChI=1S/C24H25N3O5/c1-12-7-6-9-15-19(12)25-23(31)24(15)18-17(20(26-24)13(2)28)21(29)27(22(18)30)11-14-8-4-5-10-16(14)32-3/h4-10,13,17-18,20,26,28H,11H2,1-3H3,(H,25,31)/p+1/t13-,17+,18+,20+,24+/m1/s1. The number of quaternary nitrogens is 1. The summed E-state index contributed by atoms with van der Waals surface area (Å²) in [7, 11) is 1.54. The maximum Gasteiger partial charge on any atom is 0.291 e. The molecule has 2 aromatic carbocycles. The monoisotopic (exact) mass is 436 g/mol. The van der Waals surface area contributed by atoms with Crippen molar-refractivity contribution in [2.45, 2.75) is 38.1 Å². The highest BCUT2D eigenvalue weighted by atomic mass is 16.5. The first-order chi connectivity index (χ1) is 15.3. The molecule has 3 aliphatic heterocycles.